The van der Waals surface area contributed by atoms with E-state index >= 15 is 0 Å². The fourth-order valence-electron chi connectivity index (χ4n) is 6.21. The Morgan fingerprint density at radius 2 is 1.51 bits per heavy atom. The summed E-state index contributed by atoms with van der Waals surface area (Å²) in [6.07, 6.45) is 13.6. The highest BCUT2D eigenvalue weighted by molar-refractivity contribution is 6.10. The zero-order valence-electron chi connectivity index (χ0n) is 21.3. The van der Waals surface area contributed by atoms with Gasteiger partial charge < -0.3 is 13.9 Å². The molecule has 0 spiro atoms. The van der Waals surface area contributed by atoms with Crippen LogP contribution >= 0.6 is 0 Å². The maximum Gasteiger partial charge on any atom is 0.303 e. The molecule has 4 heteroatoms. The first-order valence-electron chi connectivity index (χ1n) is 13.4. The summed E-state index contributed by atoms with van der Waals surface area (Å²) in [6, 6.07) is 34.4. The summed E-state index contributed by atoms with van der Waals surface area (Å²) in [5, 5.41) is 3.59. The Hall–Kier alpha value is -5.05. The Labute approximate surface area is 226 Å². The van der Waals surface area contributed by atoms with Crippen LogP contribution in [0.15, 0.2) is 126 Å². The van der Waals surface area contributed by atoms with E-state index in [1.54, 1.807) is 0 Å². The molecule has 2 unspecified atom stereocenters. The van der Waals surface area contributed by atoms with Crippen molar-refractivity contribution in [2.75, 3.05) is 4.90 Å². The third-order valence-corrected chi connectivity index (χ3v) is 7.95. The molecule has 6 aromatic rings. The molecule has 4 nitrogen and oxygen atoms in total. The highest BCUT2D eigenvalue weighted by atomic mass is 16.3. The number of furan rings is 1. The molecule has 0 bridgehead atoms. The molecule has 2 atom stereocenters. The third-order valence-electron chi connectivity index (χ3n) is 7.95. The number of allylic oxidation sites excluding steroid dienone is 2. The van der Waals surface area contributed by atoms with Gasteiger partial charge in [-0.1, -0.05) is 78.9 Å². The van der Waals surface area contributed by atoms with Gasteiger partial charge in [0.05, 0.1) is 17.1 Å². The van der Waals surface area contributed by atoms with Crippen molar-refractivity contribution in [3.05, 3.63) is 133 Å². The molecule has 4 aromatic carbocycles. The van der Waals surface area contributed by atoms with E-state index in [2.05, 4.69) is 131 Å². The summed E-state index contributed by atoms with van der Waals surface area (Å²) in [7, 11) is 0. The lowest BCUT2D eigenvalue weighted by Gasteiger charge is -2.35. The van der Waals surface area contributed by atoms with Gasteiger partial charge >= 0.3 is 6.21 Å². The number of benzene rings is 4. The van der Waals surface area contributed by atoms with Crippen molar-refractivity contribution in [2.24, 2.45) is 0 Å². The van der Waals surface area contributed by atoms with Crippen LogP contribution in [0.25, 0.3) is 38.5 Å². The highest BCUT2D eigenvalue weighted by Crippen LogP contribution is 2.39. The molecule has 2 aliphatic rings. The Kier molecular flexibility index (Phi) is 4.94. The lowest BCUT2D eigenvalue weighted by molar-refractivity contribution is 0.509. The van der Waals surface area contributed by atoms with Gasteiger partial charge in [-0.3, -0.25) is 0 Å². The molecule has 39 heavy (non-hydrogen) atoms. The second-order valence-electron chi connectivity index (χ2n) is 10.2. The zero-order valence-corrected chi connectivity index (χ0v) is 21.3. The second-order valence-corrected chi connectivity index (χ2v) is 10.2. The maximum atomic E-state index is 6.63. The average molecular weight is 505 g/mol. The lowest BCUT2D eigenvalue weighted by atomic mass is 9.99. The van der Waals surface area contributed by atoms with Crippen LogP contribution in [0.1, 0.15) is 23.8 Å². The first kappa shape index (κ1) is 22.0. The Bertz CT molecular complexity index is 1950. The molecule has 2 aromatic heterocycles. The third kappa shape index (κ3) is 3.43. The van der Waals surface area contributed by atoms with Crippen molar-refractivity contribution in [3.63, 3.8) is 0 Å². The van der Waals surface area contributed by atoms with Gasteiger partial charge in [0.15, 0.2) is 11.8 Å². The average Bonchev–Trinajstić information content (AvgIpc) is 3.54. The Morgan fingerprint density at radius 3 is 2.26 bits per heavy atom. The quantitative estimate of drug-likeness (QED) is 0.233. The SMILES string of the molecule is C1=CCC(N(c2ccccc2)C2C=[N+]=Cc3c2oc2ccc(-n4c5ccccc5c5ccccc54)cc32)C=C1. The topological polar surface area (TPSA) is 35.4 Å². The van der Waals surface area contributed by atoms with Crippen LogP contribution in [0.4, 0.5) is 5.69 Å². The molecular weight excluding hydrogens is 478 g/mol. The highest BCUT2D eigenvalue weighted by Gasteiger charge is 2.36. The minimum absolute atomic E-state index is 0.113. The number of hydrogen-bond acceptors (Lipinski definition) is 2. The van der Waals surface area contributed by atoms with Crippen molar-refractivity contribution in [2.45, 2.75) is 18.5 Å². The maximum absolute atomic E-state index is 6.63. The monoisotopic (exact) mass is 504 g/mol. The molecule has 186 valence electrons. The van der Waals surface area contributed by atoms with E-state index in [0.717, 1.165) is 40.1 Å². The number of fused-ring (bicyclic) bond motifs is 6. The molecule has 1 aliphatic carbocycles. The van der Waals surface area contributed by atoms with E-state index in [9.17, 15) is 0 Å². The van der Waals surface area contributed by atoms with E-state index in [1.165, 1.54) is 21.8 Å². The van der Waals surface area contributed by atoms with Crippen LogP contribution in [-0.2, 0) is 0 Å². The van der Waals surface area contributed by atoms with Crippen LogP contribution in [0, 0.1) is 0 Å². The Balaban J connectivity index is 1.30. The number of nitrogens with zero attached hydrogens (tertiary/aromatic N) is 3. The van der Waals surface area contributed by atoms with Gasteiger partial charge in [0.2, 0.25) is 0 Å². The minimum atomic E-state index is -0.113. The van der Waals surface area contributed by atoms with E-state index in [-0.39, 0.29) is 12.1 Å². The molecule has 0 fully saturated rings. The predicted octanol–water partition coefficient (Wildman–Crippen LogP) is 7.53. The zero-order chi connectivity index (χ0) is 25.8. The molecule has 0 radical (unpaired) electrons. The van der Waals surface area contributed by atoms with Crippen LogP contribution in [0.3, 0.4) is 0 Å². The first-order valence-corrected chi connectivity index (χ1v) is 13.4. The molecule has 0 saturated carbocycles. The summed E-state index contributed by atoms with van der Waals surface area (Å²) in [5.74, 6) is 0.936. The lowest BCUT2D eigenvalue weighted by Crippen LogP contribution is -2.39. The van der Waals surface area contributed by atoms with Crippen molar-refractivity contribution >= 4 is 50.9 Å². The summed E-state index contributed by atoms with van der Waals surface area (Å²) < 4.78 is 13.7. The fourth-order valence-corrected chi connectivity index (χ4v) is 6.21. The van der Waals surface area contributed by atoms with Crippen molar-refractivity contribution in [1.29, 1.82) is 0 Å². The smallest absolute Gasteiger partial charge is 0.303 e. The number of para-hydroxylation sites is 3. The number of rotatable bonds is 4. The van der Waals surface area contributed by atoms with Gasteiger partial charge in [-0.15, -0.1) is 4.67 Å². The molecule has 0 N–H and O–H groups in total. The van der Waals surface area contributed by atoms with Gasteiger partial charge in [-0.2, -0.15) is 0 Å². The van der Waals surface area contributed by atoms with Crippen LogP contribution in [0.5, 0.6) is 0 Å². The van der Waals surface area contributed by atoms with Crippen LogP contribution in [-0.4, -0.2) is 23.0 Å². The predicted molar refractivity (Wildman–Crippen MR) is 162 cm³/mol. The standard InChI is InChI=1S/C35H26N3O/c1-3-11-24(12-4-1)37(25-13-5-2-6-14-25)33-23-36-22-30-29-21-26(19-20-34(29)39-35(30)33)38-31-17-9-7-15-27(31)28-16-8-10-18-32(28)38/h1-13,15-23,25,33H,14H2/q+1. The van der Waals surface area contributed by atoms with E-state index in [0.29, 0.717) is 0 Å². The van der Waals surface area contributed by atoms with Gasteiger partial charge in [-0.05, 0) is 48.9 Å². The molecule has 3 heterocycles. The number of hydrogen-bond donors (Lipinski definition) is 0. The van der Waals surface area contributed by atoms with Crippen molar-refractivity contribution in [3.8, 4) is 5.69 Å². The first-order chi connectivity index (χ1) is 19.4. The number of anilines is 1. The van der Waals surface area contributed by atoms with Crippen molar-refractivity contribution in [1.82, 2.24) is 9.24 Å². The summed E-state index contributed by atoms with van der Waals surface area (Å²) in [5.41, 5.74) is 6.59. The largest absolute Gasteiger partial charge is 0.457 e. The second kappa shape index (κ2) is 8.76. The Morgan fingerprint density at radius 1 is 0.769 bits per heavy atom. The normalized spacial score (nSPS) is 17.8. The summed E-state index contributed by atoms with van der Waals surface area (Å²) in [6.45, 7) is 0. The van der Waals surface area contributed by atoms with E-state index in [4.69, 9.17) is 9.09 Å². The van der Waals surface area contributed by atoms with E-state index < -0.39 is 0 Å². The van der Waals surface area contributed by atoms with Crippen LogP contribution in [0.2, 0.25) is 0 Å². The summed E-state index contributed by atoms with van der Waals surface area (Å²) >= 11 is 0. The summed E-state index contributed by atoms with van der Waals surface area (Å²) in [4.78, 5) is 2.42. The van der Waals surface area contributed by atoms with E-state index in [1.807, 2.05) is 12.4 Å². The van der Waals surface area contributed by atoms with Gasteiger partial charge in [0.25, 0.3) is 6.21 Å². The minimum Gasteiger partial charge on any atom is -0.457 e. The molecular formula is C35H26N3O+. The van der Waals surface area contributed by atoms with Gasteiger partial charge in [-0.25, -0.2) is 0 Å². The fraction of sp³-hybridized carbons (Fsp3) is 0.0857. The molecule has 1 aliphatic heterocycles. The number of aromatic nitrogens is 1. The van der Waals surface area contributed by atoms with Gasteiger partial charge in [0, 0.05) is 27.5 Å². The van der Waals surface area contributed by atoms with Gasteiger partial charge in [0.1, 0.15) is 11.1 Å². The van der Waals surface area contributed by atoms with Crippen LogP contribution < -0.4 is 9.57 Å². The van der Waals surface area contributed by atoms with Crippen molar-refractivity contribution < 1.29 is 4.42 Å². The molecule has 0 amide bonds. The molecule has 8 rings (SSSR count). The molecule has 0 saturated heterocycles.